The Bertz CT molecular complexity index is 662. The van der Waals surface area contributed by atoms with Crippen LogP contribution in [0.2, 0.25) is 0 Å². The van der Waals surface area contributed by atoms with Gasteiger partial charge in [-0.25, -0.2) is 9.07 Å². The van der Waals surface area contributed by atoms with Crippen LogP contribution in [0.25, 0.3) is 0 Å². The fraction of sp³-hybridized carbons (Fsp3) is 0.375. The summed E-state index contributed by atoms with van der Waals surface area (Å²) in [5, 5.41) is 7.04. The van der Waals surface area contributed by atoms with Gasteiger partial charge in [-0.2, -0.15) is 5.10 Å². The van der Waals surface area contributed by atoms with Gasteiger partial charge in [0, 0.05) is 25.7 Å². The molecule has 3 rings (SSSR count). The summed E-state index contributed by atoms with van der Waals surface area (Å²) in [4.78, 5) is 14.1. The lowest BCUT2D eigenvalue weighted by Gasteiger charge is -2.16. The maximum Gasteiger partial charge on any atom is 0.271 e. The number of hydrogen-bond donors (Lipinski definition) is 1. The van der Waals surface area contributed by atoms with E-state index in [0.717, 1.165) is 5.56 Å². The molecule has 0 saturated heterocycles. The van der Waals surface area contributed by atoms with Gasteiger partial charge in [0.25, 0.3) is 5.91 Å². The van der Waals surface area contributed by atoms with Crippen LogP contribution in [0.5, 0.6) is 5.88 Å². The third-order valence-corrected chi connectivity index (χ3v) is 3.67. The van der Waals surface area contributed by atoms with Gasteiger partial charge in [-0.3, -0.25) is 4.79 Å². The Balaban J connectivity index is 1.43. The minimum absolute atomic E-state index is 0.203. The van der Waals surface area contributed by atoms with Crippen molar-refractivity contribution < 1.29 is 13.9 Å². The molecule has 0 spiro atoms. The molecule has 1 aliphatic rings. The van der Waals surface area contributed by atoms with Gasteiger partial charge in [-0.1, -0.05) is 12.1 Å². The molecule has 1 N–H and O–H groups in total. The highest BCUT2D eigenvalue weighted by molar-refractivity contribution is 5.92. The van der Waals surface area contributed by atoms with E-state index in [0.29, 0.717) is 44.4 Å². The number of nitrogens with one attached hydrogen (secondary N) is 1. The first-order chi connectivity index (χ1) is 11.1. The van der Waals surface area contributed by atoms with Crippen molar-refractivity contribution in [2.45, 2.75) is 13.1 Å². The summed E-state index contributed by atoms with van der Waals surface area (Å²) in [7, 11) is 1.95. The summed E-state index contributed by atoms with van der Waals surface area (Å²) >= 11 is 0. The molecule has 1 aliphatic heterocycles. The molecule has 122 valence electrons. The van der Waals surface area contributed by atoms with Gasteiger partial charge in [-0.15, -0.1) is 0 Å². The minimum Gasteiger partial charge on any atom is -0.476 e. The molecule has 1 aromatic carbocycles. The van der Waals surface area contributed by atoms with Crippen molar-refractivity contribution in [1.29, 1.82) is 0 Å². The van der Waals surface area contributed by atoms with Crippen molar-refractivity contribution in [3.8, 4) is 5.88 Å². The van der Waals surface area contributed by atoms with Crippen molar-refractivity contribution in [3.63, 3.8) is 0 Å². The van der Waals surface area contributed by atoms with Crippen LogP contribution in [0.15, 0.2) is 30.3 Å². The largest absolute Gasteiger partial charge is 0.476 e. The highest BCUT2D eigenvalue weighted by Gasteiger charge is 2.18. The molecule has 0 bridgehead atoms. The van der Waals surface area contributed by atoms with E-state index >= 15 is 0 Å². The number of ether oxygens (including phenoxy) is 1. The van der Waals surface area contributed by atoms with Gasteiger partial charge in [0.1, 0.15) is 12.4 Å². The molecule has 0 radical (unpaired) electrons. The zero-order valence-electron chi connectivity index (χ0n) is 13.0. The van der Waals surface area contributed by atoms with Crippen LogP contribution in [0.4, 0.5) is 4.39 Å². The van der Waals surface area contributed by atoms with Crippen molar-refractivity contribution in [2.24, 2.45) is 0 Å². The number of rotatable bonds is 6. The van der Waals surface area contributed by atoms with Crippen LogP contribution in [0.3, 0.4) is 0 Å². The number of aromatic nitrogens is 2. The molecule has 2 aromatic rings. The smallest absolute Gasteiger partial charge is 0.271 e. The molecule has 23 heavy (non-hydrogen) atoms. The lowest BCUT2D eigenvalue weighted by molar-refractivity contribution is 0.0943. The summed E-state index contributed by atoms with van der Waals surface area (Å²) in [6.07, 6.45) is 0. The fourth-order valence-corrected chi connectivity index (χ4v) is 2.46. The molecule has 2 heterocycles. The Morgan fingerprint density at radius 2 is 2.22 bits per heavy atom. The average Bonchev–Trinajstić information content (AvgIpc) is 3.11. The molecule has 0 fully saturated rings. The van der Waals surface area contributed by atoms with Crippen molar-refractivity contribution in [2.75, 3.05) is 26.7 Å². The first kappa shape index (κ1) is 15.5. The van der Waals surface area contributed by atoms with E-state index in [1.165, 1.54) is 12.1 Å². The SMILES string of the molecule is CN(CCNC(=O)c1cc2n(n1)CCO2)Cc1ccc(F)cc1. The molecular formula is C16H19FN4O2. The van der Waals surface area contributed by atoms with Gasteiger partial charge >= 0.3 is 0 Å². The van der Waals surface area contributed by atoms with E-state index in [1.54, 1.807) is 22.9 Å². The topological polar surface area (TPSA) is 59.4 Å². The van der Waals surface area contributed by atoms with Crippen LogP contribution in [0, 0.1) is 5.82 Å². The summed E-state index contributed by atoms with van der Waals surface area (Å²) in [5.41, 5.74) is 1.41. The zero-order chi connectivity index (χ0) is 16.2. The first-order valence-electron chi connectivity index (χ1n) is 7.53. The normalized spacial score (nSPS) is 13.0. The third kappa shape index (κ3) is 3.87. The van der Waals surface area contributed by atoms with Crippen LogP contribution in [-0.2, 0) is 13.1 Å². The maximum absolute atomic E-state index is 12.9. The van der Waals surface area contributed by atoms with E-state index < -0.39 is 0 Å². The van der Waals surface area contributed by atoms with Crippen molar-refractivity contribution in [3.05, 3.63) is 47.4 Å². The number of carbonyl (C=O) groups excluding carboxylic acids is 1. The van der Waals surface area contributed by atoms with Crippen LogP contribution >= 0.6 is 0 Å². The second-order valence-electron chi connectivity index (χ2n) is 5.56. The highest BCUT2D eigenvalue weighted by Crippen LogP contribution is 2.18. The Morgan fingerprint density at radius 3 is 2.96 bits per heavy atom. The molecule has 7 heteroatoms. The molecule has 0 unspecified atom stereocenters. The van der Waals surface area contributed by atoms with Crippen LogP contribution in [-0.4, -0.2) is 47.3 Å². The number of carbonyl (C=O) groups is 1. The zero-order valence-corrected chi connectivity index (χ0v) is 13.0. The number of benzene rings is 1. The van der Waals surface area contributed by atoms with E-state index in [2.05, 4.69) is 15.3 Å². The number of fused-ring (bicyclic) bond motifs is 1. The Morgan fingerprint density at radius 1 is 1.43 bits per heavy atom. The first-order valence-corrected chi connectivity index (χ1v) is 7.53. The second-order valence-corrected chi connectivity index (χ2v) is 5.56. The summed E-state index contributed by atoms with van der Waals surface area (Å²) in [6, 6.07) is 8.08. The van der Waals surface area contributed by atoms with Gasteiger partial charge < -0.3 is 15.0 Å². The predicted octanol–water partition coefficient (Wildman–Crippen LogP) is 1.28. The lowest BCUT2D eigenvalue weighted by Crippen LogP contribution is -2.33. The molecule has 0 atom stereocenters. The van der Waals surface area contributed by atoms with E-state index in [1.807, 2.05) is 7.05 Å². The summed E-state index contributed by atoms with van der Waals surface area (Å²) < 4.78 is 19.9. The fourth-order valence-electron chi connectivity index (χ4n) is 2.46. The quantitative estimate of drug-likeness (QED) is 0.871. The van der Waals surface area contributed by atoms with E-state index in [9.17, 15) is 9.18 Å². The third-order valence-electron chi connectivity index (χ3n) is 3.67. The number of halogens is 1. The van der Waals surface area contributed by atoms with Gasteiger partial charge in [0.05, 0.1) is 6.54 Å². The summed E-state index contributed by atoms with van der Waals surface area (Å²) in [6.45, 7) is 3.19. The van der Waals surface area contributed by atoms with Gasteiger partial charge in [-0.05, 0) is 24.7 Å². The average molecular weight is 318 g/mol. The standard InChI is InChI=1S/C16H19FN4O2/c1-20(11-12-2-4-13(17)5-3-12)7-6-18-16(22)14-10-15-21(19-14)8-9-23-15/h2-5,10H,6-9,11H2,1H3,(H,18,22). The maximum atomic E-state index is 12.9. The highest BCUT2D eigenvalue weighted by atomic mass is 19.1. The van der Waals surface area contributed by atoms with Crippen LogP contribution < -0.4 is 10.1 Å². The molecule has 1 amide bonds. The molecule has 0 saturated carbocycles. The summed E-state index contributed by atoms with van der Waals surface area (Å²) in [5.74, 6) is 0.203. The Kier molecular flexibility index (Phi) is 4.57. The molecule has 6 nitrogen and oxygen atoms in total. The Hall–Kier alpha value is -2.41. The van der Waals surface area contributed by atoms with E-state index in [-0.39, 0.29) is 11.7 Å². The second kappa shape index (κ2) is 6.78. The van der Waals surface area contributed by atoms with Crippen LogP contribution in [0.1, 0.15) is 16.1 Å². The predicted molar refractivity (Wildman–Crippen MR) is 82.8 cm³/mol. The number of hydrogen-bond acceptors (Lipinski definition) is 4. The molecular weight excluding hydrogens is 299 g/mol. The van der Waals surface area contributed by atoms with Gasteiger partial charge in [0.2, 0.25) is 5.88 Å². The molecule has 0 aliphatic carbocycles. The number of amides is 1. The lowest BCUT2D eigenvalue weighted by atomic mass is 10.2. The van der Waals surface area contributed by atoms with Crippen molar-refractivity contribution in [1.82, 2.24) is 20.0 Å². The van der Waals surface area contributed by atoms with E-state index in [4.69, 9.17) is 4.74 Å². The number of likely N-dealkylation sites (N-methyl/N-ethyl adjacent to an activating group) is 1. The van der Waals surface area contributed by atoms with Gasteiger partial charge in [0.15, 0.2) is 5.69 Å². The monoisotopic (exact) mass is 318 g/mol. The van der Waals surface area contributed by atoms with Crippen molar-refractivity contribution >= 4 is 5.91 Å². The Labute approximate surface area is 133 Å². The molecule has 1 aromatic heterocycles. The minimum atomic E-state index is -0.236. The number of nitrogens with zero attached hydrogens (tertiary/aromatic N) is 3.